The number of carbonyl (C=O) groups excluding carboxylic acids is 1. The Kier molecular flexibility index (Phi) is 6.49. The number of hydrogen-bond acceptors (Lipinski definition) is 2. The Hall–Kier alpha value is -0.630. The van der Waals surface area contributed by atoms with Gasteiger partial charge in [-0.05, 0) is 43.6 Å². The van der Waals surface area contributed by atoms with Crippen LogP contribution < -0.4 is 5.73 Å². The maximum absolute atomic E-state index is 12.4. The third-order valence-electron chi connectivity index (χ3n) is 3.52. The lowest BCUT2D eigenvalue weighted by Crippen LogP contribution is -2.26. The lowest BCUT2D eigenvalue weighted by molar-refractivity contribution is -0.119. The molecule has 98 valence electrons. The second kappa shape index (κ2) is 7.65. The van der Waals surface area contributed by atoms with E-state index in [0.29, 0.717) is 18.2 Å². The second-order valence-corrected chi connectivity index (χ2v) is 5.61. The third kappa shape index (κ3) is 5.03. The van der Waals surface area contributed by atoms with Gasteiger partial charge in [-0.1, -0.05) is 32.8 Å². The predicted octanol–water partition coefficient (Wildman–Crippen LogP) is 3.46. The van der Waals surface area contributed by atoms with Crippen molar-refractivity contribution in [2.75, 3.05) is 6.54 Å². The van der Waals surface area contributed by atoms with E-state index < -0.39 is 0 Å². The highest BCUT2D eigenvalue weighted by molar-refractivity contribution is 5.97. The lowest BCUT2D eigenvalue weighted by atomic mass is 9.86. The summed E-state index contributed by atoms with van der Waals surface area (Å²) in [4.78, 5) is 12.4. The third-order valence-corrected chi connectivity index (χ3v) is 3.52. The van der Waals surface area contributed by atoms with Crippen LogP contribution in [0.5, 0.6) is 0 Å². The molecule has 0 bridgehead atoms. The zero-order valence-electron chi connectivity index (χ0n) is 11.4. The highest BCUT2D eigenvalue weighted by Gasteiger charge is 2.21. The fraction of sp³-hybridized carbons (Fsp3) is 0.800. The Morgan fingerprint density at radius 2 is 2.00 bits per heavy atom. The molecule has 2 N–H and O–H groups in total. The molecule has 0 saturated carbocycles. The van der Waals surface area contributed by atoms with Gasteiger partial charge in [0.2, 0.25) is 0 Å². The molecule has 1 rings (SSSR count). The van der Waals surface area contributed by atoms with Crippen LogP contribution in [0.2, 0.25) is 0 Å². The molecule has 0 spiro atoms. The lowest BCUT2D eigenvalue weighted by Gasteiger charge is -2.19. The van der Waals surface area contributed by atoms with Crippen LogP contribution in [0.3, 0.4) is 0 Å². The highest BCUT2D eigenvalue weighted by Crippen LogP contribution is 2.22. The van der Waals surface area contributed by atoms with Crippen LogP contribution in [0.4, 0.5) is 0 Å². The summed E-state index contributed by atoms with van der Waals surface area (Å²) >= 11 is 0. The number of ketones is 1. The molecule has 0 fully saturated rings. The van der Waals surface area contributed by atoms with E-state index in [1.165, 1.54) is 19.3 Å². The summed E-state index contributed by atoms with van der Waals surface area (Å²) in [5, 5.41) is 0. The van der Waals surface area contributed by atoms with Crippen LogP contribution >= 0.6 is 0 Å². The predicted molar refractivity (Wildman–Crippen MR) is 72.8 cm³/mol. The fourth-order valence-corrected chi connectivity index (χ4v) is 2.56. The number of Topliss-reactive ketones (excluding diaryl/α,β-unsaturated/α-hetero) is 1. The highest BCUT2D eigenvalue weighted by atomic mass is 16.1. The summed E-state index contributed by atoms with van der Waals surface area (Å²) in [5.41, 5.74) is 6.81. The first-order chi connectivity index (χ1) is 8.15. The molecular weight excluding hydrogens is 210 g/mol. The molecule has 2 nitrogen and oxygen atoms in total. The van der Waals surface area contributed by atoms with Gasteiger partial charge in [0.1, 0.15) is 0 Å². The Morgan fingerprint density at radius 3 is 2.65 bits per heavy atom. The van der Waals surface area contributed by atoms with E-state index in [0.717, 1.165) is 31.3 Å². The molecule has 0 aromatic heterocycles. The van der Waals surface area contributed by atoms with Crippen LogP contribution in [0, 0.1) is 11.8 Å². The molecule has 0 heterocycles. The normalized spacial score (nSPS) is 19.4. The van der Waals surface area contributed by atoms with Gasteiger partial charge in [0, 0.05) is 12.5 Å². The van der Waals surface area contributed by atoms with Gasteiger partial charge in [-0.2, -0.15) is 0 Å². The molecule has 0 aromatic rings. The molecule has 1 unspecified atom stereocenters. The van der Waals surface area contributed by atoms with E-state index in [9.17, 15) is 4.79 Å². The van der Waals surface area contributed by atoms with E-state index >= 15 is 0 Å². The quantitative estimate of drug-likeness (QED) is 0.795. The van der Waals surface area contributed by atoms with Gasteiger partial charge in [-0.3, -0.25) is 4.79 Å². The first-order valence-electron chi connectivity index (χ1n) is 7.08. The number of hydrogen-bond donors (Lipinski definition) is 1. The first-order valence-corrected chi connectivity index (χ1v) is 7.08. The van der Waals surface area contributed by atoms with E-state index in [2.05, 4.69) is 19.9 Å². The van der Waals surface area contributed by atoms with E-state index in [4.69, 9.17) is 5.73 Å². The van der Waals surface area contributed by atoms with E-state index in [1.807, 2.05) is 0 Å². The van der Waals surface area contributed by atoms with Crippen molar-refractivity contribution in [1.82, 2.24) is 0 Å². The number of nitrogens with two attached hydrogens (primary N) is 1. The van der Waals surface area contributed by atoms with Crippen molar-refractivity contribution in [3.8, 4) is 0 Å². The van der Waals surface area contributed by atoms with E-state index in [1.54, 1.807) is 0 Å². The Morgan fingerprint density at radius 1 is 1.29 bits per heavy atom. The van der Waals surface area contributed by atoms with Crippen molar-refractivity contribution in [3.05, 3.63) is 11.6 Å². The van der Waals surface area contributed by atoms with Crippen molar-refractivity contribution in [2.24, 2.45) is 17.6 Å². The first kappa shape index (κ1) is 14.4. The standard InChI is InChI=1S/C15H27NO/c1-12(2)10-14(11-16)15(17)13-8-6-4-3-5-7-9-13/h8,12,14H,3-7,9-11,16H2,1-2H3. The van der Waals surface area contributed by atoms with Gasteiger partial charge in [0.25, 0.3) is 0 Å². The topological polar surface area (TPSA) is 43.1 Å². The summed E-state index contributed by atoms with van der Waals surface area (Å²) in [6.45, 7) is 4.80. The number of allylic oxidation sites excluding steroid dienone is 2. The maximum Gasteiger partial charge on any atom is 0.162 e. The Bertz CT molecular complexity index is 268. The summed E-state index contributed by atoms with van der Waals surface area (Å²) < 4.78 is 0. The van der Waals surface area contributed by atoms with Crippen LogP contribution in [0.1, 0.15) is 58.8 Å². The molecular formula is C15H27NO. The Labute approximate surface area is 106 Å². The average Bonchev–Trinajstić information content (AvgIpc) is 2.24. The second-order valence-electron chi connectivity index (χ2n) is 5.61. The molecule has 2 heteroatoms. The van der Waals surface area contributed by atoms with Crippen molar-refractivity contribution in [3.63, 3.8) is 0 Å². The van der Waals surface area contributed by atoms with Crippen LogP contribution in [0.15, 0.2) is 11.6 Å². The molecule has 0 amide bonds. The van der Waals surface area contributed by atoms with Gasteiger partial charge in [-0.25, -0.2) is 0 Å². The SMILES string of the molecule is CC(C)CC(CN)C(=O)C1=CCCCCCC1. The largest absolute Gasteiger partial charge is 0.330 e. The minimum atomic E-state index is 0.0423. The molecule has 1 atom stereocenters. The smallest absolute Gasteiger partial charge is 0.162 e. The maximum atomic E-state index is 12.4. The zero-order chi connectivity index (χ0) is 12.7. The van der Waals surface area contributed by atoms with Crippen molar-refractivity contribution < 1.29 is 4.79 Å². The van der Waals surface area contributed by atoms with Gasteiger partial charge < -0.3 is 5.73 Å². The summed E-state index contributed by atoms with van der Waals surface area (Å²) in [6, 6.07) is 0. The minimum absolute atomic E-state index is 0.0423. The monoisotopic (exact) mass is 237 g/mol. The number of carbonyl (C=O) groups is 1. The van der Waals surface area contributed by atoms with Gasteiger partial charge in [0.15, 0.2) is 5.78 Å². The summed E-state index contributed by atoms with van der Waals surface area (Å²) in [5.74, 6) is 0.908. The number of rotatable bonds is 5. The molecule has 1 aliphatic carbocycles. The van der Waals surface area contributed by atoms with Crippen molar-refractivity contribution in [2.45, 2.75) is 58.8 Å². The van der Waals surface area contributed by atoms with E-state index in [-0.39, 0.29) is 5.92 Å². The molecule has 0 aliphatic heterocycles. The summed E-state index contributed by atoms with van der Waals surface area (Å²) in [7, 11) is 0. The van der Waals surface area contributed by atoms with Crippen LogP contribution in [-0.4, -0.2) is 12.3 Å². The zero-order valence-corrected chi connectivity index (χ0v) is 11.4. The Balaban J connectivity index is 2.64. The fourth-order valence-electron chi connectivity index (χ4n) is 2.56. The van der Waals surface area contributed by atoms with Crippen LogP contribution in [-0.2, 0) is 4.79 Å². The van der Waals surface area contributed by atoms with Gasteiger partial charge in [0.05, 0.1) is 0 Å². The summed E-state index contributed by atoms with van der Waals surface area (Å²) in [6.07, 6.45) is 10.1. The van der Waals surface area contributed by atoms with Crippen molar-refractivity contribution in [1.29, 1.82) is 0 Å². The van der Waals surface area contributed by atoms with Crippen LogP contribution in [0.25, 0.3) is 0 Å². The molecule has 0 aromatic carbocycles. The van der Waals surface area contributed by atoms with Gasteiger partial charge in [-0.15, -0.1) is 0 Å². The molecule has 1 aliphatic rings. The minimum Gasteiger partial charge on any atom is -0.330 e. The van der Waals surface area contributed by atoms with Gasteiger partial charge >= 0.3 is 0 Å². The average molecular weight is 237 g/mol. The molecule has 17 heavy (non-hydrogen) atoms. The molecule has 0 saturated heterocycles. The molecule has 0 radical (unpaired) electrons. The van der Waals surface area contributed by atoms with Crippen molar-refractivity contribution >= 4 is 5.78 Å².